The van der Waals surface area contributed by atoms with Gasteiger partial charge in [-0.3, -0.25) is 24.1 Å². The number of rotatable bonds is 28. The Morgan fingerprint density at radius 3 is 1.52 bits per heavy atom. The number of nitrogens with two attached hydrogens (primary N) is 1. The lowest BCUT2D eigenvalue weighted by molar-refractivity contribution is -0.191. The summed E-state index contributed by atoms with van der Waals surface area (Å²) >= 11 is 2.94. The molecule has 8 rings (SSSR count). The number of carbonyl (C=O) groups is 4. The monoisotopic (exact) mass is 1310 g/mol. The molecule has 0 aromatic heterocycles. The third-order valence-electron chi connectivity index (χ3n) is 24.2. The average Bonchev–Trinajstić information content (AvgIpc) is 1.73. The van der Waals surface area contributed by atoms with Crippen LogP contribution in [0, 0.1) is 99.6 Å². The van der Waals surface area contributed by atoms with Crippen LogP contribution in [0.25, 0.3) is 0 Å². The molecule has 89 heavy (non-hydrogen) atoms. The second-order valence-electron chi connectivity index (χ2n) is 30.2. The quantitative estimate of drug-likeness (QED) is 0.0221. The number of hydrogen-bond donors (Lipinski definition) is 3. The van der Waals surface area contributed by atoms with Crippen LogP contribution in [0.2, 0.25) is 0 Å². The number of esters is 2. The first-order valence-electron chi connectivity index (χ1n) is 35.7. The van der Waals surface area contributed by atoms with Crippen molar-refractivity contribution in [3.8, 4) is 0 Å². The number of nitrogens with one attached hydrogen (secondary N) is 2. The Balaban J connectivity index is 0.000000286. The number of allylic oxidation sites excluding steroid dienone is 2. The van der Waals surface area contributed by atoms with Crippen LogP contribution >= 0.6 is 15.9 Å². The summed E-state index contributed by atoms with van der Waals surface area (Å²) in [6.45, 7) is 36.6. The standard InChI is InChI=1S/C38H66N2O4.C31H52N2O2.C4H7BrO2.CO2/c1-8-22-40(26-36(42)43-9-2)25-35(41)39-21-23-44-30-17-19-37(6)29(24-30)13-14-31-33-16-15-32(28(5)12-10-11-27(3)4)38(33,7)20-18-34(31)37;1-21(2)7-6-8-22(3)26-11-12-27-25-10-9-23-19-24(35-18-17-33-29(34)20-32)13-15-30(23,4)28(25)14-16-31(26,27)5;1-2-7-4(6)3-5;2-1-3/h13,27-28,30-34H,8-12,14-26H2,1-7H3,(H,39,41);9,21-22,24-28H,1,6-8,10-20,32H2,2-5H3;2-3H2,1H3;/p+1/t28-,30+,31+,32-,33+,34+,37+,38-;21?,22-,24+,25+,26-,27+,28+,30+,31-;;/m11../s1. The highest BCUT2D eigenvalue weighted by Gasteiger charge is 2.61. The molecule has 14 nitrogen and oxygen atoms in total. The topological polar surface area (TPSA) is 193 Å². The van der Waals surface area contributed by atoms with Gasteiger partial charge in [0.2, 0.25) is 11.8 Å². The molecule has 17 atom stereocenters. The summed E-state index contributed by atoms with van der Waals surface area (Å²) in [4.78, 5) is 64.0. The molecule has 15 heteroatoms. The van der Waals surface area contributed by atoms with E-state index in [0.717, 1.165) is 97.2 Å². The molecule has 6 fully saturated rings. The van der Waals surface area contributed by atoms with Gasteiger partial charge < -0.3 is 35.3 Å². The number of halogens is 1. The van der Waals surface area contributed by atoms with Gasteiger partial charge in [0.25, 0.3) is 0 Å². The van der Waals surface area contributed by atoms with Gasteiger partial charge in [0.1, 0.15) is 5.33 Å². The lowest BCUT2D eigenvalue weighted by Crippen LogP contribution is -2.51. The third-order valence-corrected chi connectivity index (χ3v) is 24.6. The molecule has 2 amide bonds. The lowest BCUT2D eigenvalue weighted by Gasteiger charge is -2.58. The highest BCUT2D eigenvalue weighted by Crippen LogP contribution is 2.69. The summed E-state index contributed by atoms with van der Waals surface area (Å²) in [5.41, 5.74) is 10.5. The number of fused-ring (bicyclic) bond motifs is 10. The van der Waals surface area contributed by atoms with E-state index in [1.165, 1.54) is 116 Å². The molecule has 0 heterocycles. The molecular weight excluding hydrogens is 1180 g/mol. The first-order chi connectivity index (χ1) is 42.4. The summed E-state index contributed by atoms with van der Waals surface area (Å²) in [5.74, 6) is 9.54. The van der Waals surface area contributed by atoms with E-state index in [9.17, 15) is 19.2 Å². The maximum atomic E-state index is 12.5. The van der Waals surface area contributed by atoms with Gasteiger partial charge >= 0.3 is 18.1 Å². The van der Waals surface area contributed by atoms with Crippen molar-refractivity contribution in [3.05, 3.63) is 30.2 Å². The van der Waals surface area contributed by atoms with Crippen LogP contribution in [-0.2, 0) is 47.7 Å². The maximum absolute atomic E-state index is 12.5. The van der Waals surface area contributed by atoms with Crippen LogP contribution in [0.15, 0.2) is 23.3 Å². The van der Waals surface area contributed by atoms with Crippen LogP contribution in [0.4, 0.5) is 0 Å². The minimum Gasteiger partial charge on any atom is -0.465 e. The zero-order valence-corrected chi connectivity index (χ0v) is 59.6. The van der Waals surface area contributed by atoms with Gasteiger partial charge in [0.15, 0.2) is 0 Å². The first-order valence-corrected chi connectivity index (χ1v) is 36.8. The van der Waals surface area contributed by atoms with Crippen LogP contribution in [0.3, 0.4) is 0 Å². The Bertz CT molecular complexity index is 2290. The van der Waals surface area contributed by atoms with Gasteiger partial charge in [-0.2, -0.15) is 9.59 Å². The number of carbonyl (C=O) groups excluding carboxylic acids is 6. The van der Waals surface area contributed by atoms with Crippen molar-refractivity contribution in [2.45, 2.75) is 243 Å². The van der Waals surface area contributed by atoms with Crippen molar-refractivity contribution in [1.82, 2.24) is 15.5 Å². The van der Waals surface area contributed by atoms with E-state index < -0.39 is 0 Å². The molecule has 0 aromatic rings. The van der Waals surface area contributed by atoms with E-state index >= 15 is 0 Å². The highest BCUT2D eigenvalue weighted by atomic mass is 79.9. The number of ether oxygens (including phenoxy) is 4. The zero-order valence-electron chi connectivity index (χ0n) is 58.0. The molecule has 4 N–H and O–H groups in total. The molecule has 0 bridgehead atoms. The second kappa shape index (κ2) is 37.1. The normalized spacial score (nSPS) is 33.2. The highest BCUT2D eigenvalue weighted by molar-refractivity contribution is 9.09. The van der Waals surface area contributed by atoms with Gasteiger partial charge in [0, 0.05) is 13.1 Å². The maximum Gasteiger partial charge on any atom is 0.373 e. The molecule has 6 saturated carbocycles. The van der Waals surface area contributed by atoms with E-state index in [1.54, 1.807) is 25.0 Å². The molecule has 0 saturated heterocycles. The molecule has 0 aliphatic heterocycles. The molecule has 0 spiro atoms. The van der Waals surface area contributed by atoms with E-state index in [1.807, 2.05) is 11.8 Å². The van der Waals surface area contributed by atoms with Gasteiger partial charge in [0.05, 0.1) is 71.1 Å². The van der Waals surface area contributed by atoms with Gasteiger partial charge in [-0.05, 0) is 236 Å². The predicted molar refractivity (Wildman–Crippen MR) is 359 cm³/mol. The fraction of sp³-hybridized carbons (Fsp3) is 0.865. The third kappa shape index (κ3) is 20.7. The van der Waals surface area contributed by atoms with Crippen LogP contribution < -0.4 is 16.4 Å². The number of hydrogen-bond acceptors (Lipinski definition) is 12. The van der Waals surface area contributed by atoms with Crippen molar-refractivity contribution in [3.63, 3.8) is 0 Å². The van der Waals surface area contributed by atoms with Crippen molar-refractivity contribution in [1.29, 1.82) is 0 Å². The summed E-state index contributed by atoms with van der Waals surface area (Å²) in [6, 6.07) is 0. The Labute approximate surface area is 548 Å². The van der Waals surface area contributed by atoms with Crippen molar-refractivity contribution >= 4 is 45.8 Å². The Morgan fingerprint density at radius 1 is 0.640 bits per heavy atom. The molecule has 8 aliphatic rings. The van der Waals surface area contributed by atoms with E-state index in [4.69, 9.17) is 29.5 Å². The first kappa shape index (κ1) is 76.6. The molecule has 0 radical (unpaired) electrons. The van der Waals surface area contributed by atoms with Crippen LogP contribution in [-0.4, -0.2) is 118 Å². The average molecular weight is 1310 g/mol. The fourth-order valence-electron chi connectivity index (χ4n) is 19.8. The largest absolute Gasteiger partial charge is 0.465 e. The Kier molecular flexibility index (Phi) is 32.0. The van der Waals surface area contributed by atoms with Gasteiger partial charge in [-0.15, -0.1) is 0 Å². The minimum absolute atomic E-state index is 0.0484. The lowest BCUT2D eigenvalue weighted by atomic mass is 9.47. The molecule has 508 valence electrons. The summed E-state index contributed by atoms with van der Waals surface area (Å²) in [7, 11) is 0. The van der Waals surface area contributed by atoms with Crippen molar-refractivity contribution in [2.24, 2.45) is 98.4 Å². The number of alkyl halides is 1. The van der Waals surface area contributed by atoms with E-state index in [2.05, 4.69) is 113 Å². The van der Waals surface area contributed by atoms with Crippen molar-refractivity contribution < 1.29 is 47.7 Å². The Morgan fingerprint density at radius 2 is 1.10 bits per heavy atom. The molecule has 0 aromatic carbocycles. The van der Waals surface area contributed by atoms with E-state index in [0.29, 0.717) is 85.1 Å². The van der Waals surface area contributed by atoms with Gasteiger partial charge in [-0.25, -0.2) is 0 Å². The Hall–Kier alpha value is -3.07. The second-order valence-corrected chi connectivity index (χ2v) is 30.8. The number of nitrogens with zero attached hydrogens (tertiary/aromatic N) is 1. The summed E-state index contributed by atoms with van der Waals surface area (Å²) in [5, 5.41) is 6.11. The smallest absolute Gasteiger partial charge is 0.373 e. The molecular formula is C74H126BrN4O10+. The van der Waals surface area contributed by atoms with Crippen LogP contribution in [0.1, 0.15) is 231 Å². The molecule has 8 aliphatic carbocycles. The predicted octanol–water partition coefficient (Wildman–Crippen LogP) is 14.5. The van der Waals surface area contributed by atoms with Crippen LogP contribution in [0.5, 0.6) is 0 Å². The zero-order chi connectivity index (χ0) is 65.5. The minimum atomic E-state index is -0.276. The van der Waals surface area contributed by atoms with Crippen molar-refractivity contribution in [2.75, 3.05) is 71.0 Å². The summed E-state index contributed by atoms with van der Waals surface area (Å²) in [6.07, 6.45) is 36.1. The SMILES string of the molecule is CCCN(CC(=O)NCCO[C@H]1CC[C@@]2(C)C(=CC[C@H]3[C@@H]4CC[C@H]([C@H](C)CCCC(C)C)[C@@]4(C)CC[C@@H]32)C1)CC(=O)OCC.CCOC(=O)CBr.O=C=O.[CH2+]C(C)CCC[C@@H](C)[C@H]1CC[C@H]2[C@@H]3CC=C4C[C@@H](OCCNC(=O)CN)CC[C@]4(C)[C@H]3CC[C@]12C. The van der Waals surface area contributed by atoms with E-state index in [-0.39, 0.29) is 55.6 Å². The molecule has 1 unspecified atom stereocenters. The number of amides is 2. The fourth-order valence-corrected chi connectivity index (χ4v) is 20.0. The van der Waals surface area contributed by atoms with Gasteiger partial charge in [-0.1, -0.05) is 127 Å². The summed E-state index contributed by atoms with van der Waals surface area (Å²) < 4.78 is 22.1.